The zero-order valence-electron chi connectivity index (χ0n) is 23.4. The lowest BCUT2D eigenvalue weighted by Gasteiger charge is -2.34. The van der Waals surface area contributed by atoms with Gasteiger partial charge in [0, 0.05) is 18.7 Å². The molecule has 42 heavy (non-hydrogen) atoms. The molecular formula is C26H34BN6O8P. The molecule has 5 atom stereocenters. The van der Waals surface area contributed by atoms with Crippen LogP contribution >= 0.6 is 7.75 Å². The van der Waals surface area contributed by atoms with Gasteiger partial charge in [-0.05, 0) is 38.5 Å². The molecule has 1 aliphatic rings. The van der Waals surface area contributed by atoms with Gasteiger partial charge in [0.2, 0.25) is 0 Å². The number of benzene rings is 1. The summed E-state index contributed by atoms with van der Waals surface area (Å²) in [4.78, 5) is 37.1. The Bertz CT molecular complexity index is 1440. The van der Waals surface area contributed by atoms with Crippen LogP contribution in [-0.4, -0.2) is 68.7 Å². The molecule has 3 heterocycles. The van der Waals surface area contributed by atoms with Crippen LogP contribution in [0.1, 0.15) is 39.3 Å². The number of ether oxygens (including phenoxy) is 1. The minimum Gasteiger partial charge on any atom is -0.462 e. The Morgan fingerprint density at radius 1 is 1.31 bits per heavy atom. The summed E-state index contributed by atoms with van der Waals surface area (Å²) in [5.41, 5.74) is 6.76. The summed E-state index contributed by atoms with van der Waals surface area (Å²) < 4.78 is 38.5. The number of fused-ring (bicyclic) bond motifs is 1. The molecule has 14 nitrogen and oxygen atoms in total. The topological polar surface area (TPSA) is 190 Å². The predicted octanol–water partition coefficient (Wildman–Crippen LogP) is 2.48. The molecule has 4 rings (SSSR count). The summed E-state index contributed by atoms with van der Waals surface area (Å²) in [6.45, 7) is 6.56. The van der Waals surface area contributed by atoms with Gasteiger partial charge in [-0.2, -0.15) is 5.09 Å². The number of rotatable bonds is 14. The van der Waals surface area contributed by atoms with Crippen LogP contribution in [0.2, 0.25) is 5.82 Å². The number of nitrogens with zero attached hydrogens (tertiary/aromatic N) is 4. The SMILES string of the molecule is C=CC(=O)CC[C@H](NP(=O)(OC[C@H]1BO[C@@H](n2cnc3c(N)ncnc32)C[C@H]1O)Oc1ccccc1)C(=O)OC(C)C. The third-order valence-electron chi connectivity index (χ3n) is 6.47. The maximum Gasteiger partial charge on any atom is 0.459 e. The van der Waals surface area contributed by atoms with Crippen molar-refractivity contribution in [3.8, 4) is 5.75 Å². The molecule has 224 valence electrons. The molecule has 1 fully saturated rings. The number of ketones is 1. The molecule has 16 heteroatoms. The Morgan fingerprint density at radius 3 is 2.76 bits per heavy atom. The van der Waals surface area contributed by atoms with Gasteiger partial charge < -0.3 is 24.8 Å². The Labute approximate surface area is 243 Å². The minimum atomic E-state index is -4.26. The molecule has 0 bridgehead atoms. The van der Waals surface area contributed by atoms with Crippen molar-refractivity contribution in [2.75, 3.05) is 12.3 Å². The highest BCUT2D eigenvalue weighted by molar-refractivity contribution is 7.52. The van der Waals surface area contributed by atoms with Crippen molar-refractivity contribution in [2.45, 2.75) is 63.4 Å². The number of nitrogens with two attached hydrogens (primary N) is 1. The van der Waals surface area contributed by atoms with Crippen LogP contribution in [0.25, 0.3) is 11.2 Å². The summed E-state index contributed by atoms with van der Waals surface area (Å²) in [5, 5.41) is 13.6. The average Bonchev–Trinajstić information content (AvgIpc) is 3.40. The number of nitrogens with one attached hydrogen (secondary N) is 1. The third-order valence-corrected chi connectivity index (χ3v) is 8.04. The largest absolute Gasteiger partial charge is 0.462 e. The zero-order chi connectivity index (χ0) is 30.3. The Kier molecular flexibility index (Phi) is 10.5. The first-order valence-corrected chi connectivity index (χ1v) is 15.0. The van der Waals surface area contributed by atoms with E-state index < -0.39 is 44.0 Å². The number of hydrogen-bond acceptors (Lipinski definition) is 12. The molecule has 0 amide bonds. The van der Waals surface area contributed by atoms with Crippen molar-refractivity contribution in [1.29, 1.82) is 0 Å². The van der Waals surface area contributed by atoms with Gasteiger partial charge in [-0.3, -0.25) is 18.7 Å². The van der Waals surface area contributed by atoms with E-state index >= 15 is 0 Å². The van der Waals surface area contributed by atoms with E-state index in [1.807, 2.05) is 0 Å². The van der Waals surface area contributed by atoms with Crippen LogP contribution in [0.4, 0.5) is 5.82 Å². The van der Waals surface area contributed by atoms with E-state index in [1.54, 1.807) is 48.7 Å². The van der Waals surface area contributed by atoms with Crippen LogP contribution in [0, 0.1) is 0 Å². The number of aliphatic hydroxyl groups excluding tert-OH is 1. The third kappa shape index (κ3) is 8.02. The maximum absolute atomic E-state index is 14.0. The highest BCUT2D eigenvalue weighted by Crippen LogP contribution is 2.47. The lowest BCUT2D eigenvalue weighted by Crippen LogP contribution is -2.40. The molecule has 0 radical (unpaired) electrons. The van der Waals surface area contributed by atoms with Crippen molar-refractivity contribution < 1.29 is 37.7 Å². The van der Waals surface area contributed by atoms with Gasteiger partial charge in [0.1, 0.15) is 29.9 Å². The van der Waals surface area contributed by atoms with Crippen molar-refractivity contribution in [3.63, 3.8) is 0 Å². The van der Waals surface area contributed by atoms with Crippen LogP contribution in [0.3, 0.4) is 0 Å². The number of nitrogen functional groups attached to an aromatic ring is 1. The fourth-order valence-electron chi connectivity index (χ4n) is 4.28. The van der Waals surface area contributed by atoms with Crippen LogP contribution in [0.15, 0.2) is 55.6 Å². The molecule has 2 aromatic heterocycles. The van der Waals surface area contributed by atoms with Gasteiger partial charge >= 0.3 is 13.7 Å². The van der Waals surface area contributed by atoms with Gasteiger partial charge in [-0.1, -0.05) is 24.8 Å². The Balaban J connectivity index is 1.47. The molecule has 1 aliphatic heterocycles. The normalized spacial score (nSPS) is 20.8. The zero-order valence-corrected chi connectivity index (χ0v) is 24.3. The number of esters is 1. The number of imidazole rings is 1. The van der Waals surface area contributed by atoms with E-state index in [2.05, 4.69) is 26.6 Å². The second-order valence-electron chi connectivity index (χ2n) is 10.0. The highest BCUT2D eigenvalue weighted by Gasteiger charge is 2.39. The lowest BCUT2D eigenvalue weighted by molar-refractivity contribution is -0.149. The molecular weight excluding hydrogens is 566 g/mol. The number of hydrogen-bond donors (Lipinski definition) is 3. The summed E-state index contributed by atoms with van der Waals surface area (Å²) in [6, 6.07) is 7.09. The summed E-state index contributed by atoms with van der Waals surface area (Å²) >= 11 is 0. The van der Waals surface area contributed by atoms with Gasteiger partial charge in [-0.15, -0.1) is 0 Å². The van der Waals surface area contributed by atoms with E-state index in [0.29, 0.717) is 11.2 Å². The smallest absolute Gasteiger partial charge is 0.459 e. The number of allylic oxidation sites excluding steroid dienone is 1. The highest BCUT2D eigenvalue weighted by atomic mass is 31.2. The van der Waals surface area contributed by atoms with Crippen molar-refractivity contribution in [1.82, 2.24) is 24.6 Å². The first-order chi connectivity index (χ1) is 20.1. The van der Waals surface area contributed by atoms with Crippen LogP contribution < -0.4 is 15.3 Å². The number of para-hydroxylation sites is 1. The van der Waals surface area contributed by atoms with Crippen molar-refractivity contribution in [3.05, 3.63) is 55.6 Å². The van der Waals surface area contributed by atoms with E-state index in [0.717, 1.165) is 6.08 Å². The Hall–Kier alpha value is -3.62. The van der Waals surface area contributed by atoms with Crippen molar-refractivity contribution >= 4 is 44.0 Å². The molecule has 0 saturated carbocycles. The monoisotopic (exact) mass is 600 g/mol. The van der Waals surface area contributed by atoms with E-state index in [4.69, 9.17) is 24.2 Å². The van der Waals surface area contributed by atoms with E-state index in [1.165, 1.54) is 12.7 Å². The number of aromatic nitrogens is 4. The molecule has 0 aliphatic carbocycles. The van der Waals surface area contributed by atoms with Gasteiger partial charge in [0.25, 0.3) is 7.48 Å². The molecule has 4 N–H and O–H groups in total. The Morgan fingerprint density at radius 2 is 2.07 bits per heavy atom. The van der Waals surface area contributed by atoms with Crippen LogP contribution in [0.5, 0.6) is 5.75 Å². The minimum absolute atomic E-state index is 0.0360. The van der Waals surface area contributed by atoms with Gasteiger partial charge in [-0.25, -0.2) is 19.5 Å². The molecule has 0 spiro atoms. The summed E-state index contributed by atoms with van der Waals surface area (Å²) in [5.74, 6) is -1.15. The van der Waals surface area contributed by atoms with Crippen LogP contribution in [-0.2, 0) is 28.1 Å². The quantitative estimate of drug-likeness (QED) is 0.106. The van der Waals surface area contributed by atoms with Gasteiger partial charge in [0.15, 0.2) is 17.2 Å². The molecule has 3 aromatic rings. The number of carbonyl (C=O) groups is 2. The number of carbonyl (C=O) groups excluding carboxylic acids is 2. The first-order valence-electron chi connectivity index (χ1n) is 13.4. The second-order valence-corrected chi connectivity index (χ2v) is 11.7. The predicted molar refractivity (Wildman–Crippen MR) is 155 cm³/mol. The average molecular weight is 600 g/mol. The summed E-state index contributed by atoms with van der Waals surface area (Å²) in [7, 11) is -4.21. The van der Waals surface area contributed by atoms with Crippen molar-refractivity contribution in [2.24, 2.45) is 0 Å². The molecule has 1 saturated heterocycles. The lowest BCUT2D eigenvalue weighted by atomic mass is 9.73. The standard InChI is InChI=1S/C26H34BN6O8P/c1-4-17(34)10-11-20(26(36)39-16(2)3)32-42(37,41-18-8-6-5-7-9-18)38-13-19-21(35)12-22(40-27-19)33-15-31-23-24(28)29-14-30-25(23)33/h4-9,14-16,19-22,27,35H,1,10-13H2,2-3H3,(H,32,37)(H2,28,29,30)/t19-,20+,21-,22-,42?/m1/s1. The molecule has 1 aromatic carbocycles. The first kappa shape index (κ1) is 31.3. The maximum atomic E-state index is 14.0. The number of anilines is 1. The fourth-order valence-corrected chi connectivity index (χ4v) is 5.86. The van der Waals surface area contributed by atoms with E-state index in [-0.39, 0.29) is 50.7 Å². The fraction of sp³-hybridized carbons (Fsp3) is 0.423. The number of aliphatic hydroxyl groups is 1. The second kappa shape index (κ2) is 14.0. The van der Waals surface area contributed by atoms with Gasteiger partial charge in [0.05, 0.1) is 25.1 Å². The molecule has 1 unspecified atom stereocenters. The van der Waals surface area contributed by atoms with E-state index in [9.17, 15) is 19.3 Å². The summed E-state index contributed by atoms with van der Waals surface area (Å²) in [6.07, 6.45) is 2.10.